The van der Waals surface area contributed by atoms with Gasteiger partial charge >= 0.3 is 0 Å². The third-order valence-corrected chi connectivity index (χ3v) is 26.3. The number of nitrogens with two attached hydrogens (primary N) is 2. The van der Waals surface area contributed by atoms with Gasteiger partial charge in [-0.25, -0.2) is 0 Å². The topological polar surface area (TPSA) is 324 Å². The molecule has 0 aliphatic heterocycles. The van der Waals surface area contributed by atoms with E-state index in [1.54, 1.807) is 74.9 Å². The van der Waals surface area contributed by atoms with Gasteiger partial charge in [-0.15, -0.1) is 0 Å². The van der Waals surface area contributed by atoms with E-state index >= 15 is 0 Å². The number of nitrogen functional groups attached to an aromatic ring is 2. The number of fused-ring (bicyclic) bond motifs is 8. The molecule has 4 aliphatic rings. The molecule has 708 valence electrons. The molecule has 0 unspecified atom stereocenters. The van der Waals surface area contributed by atoms with Crippen molar-refractivity contribution in [3.63, 3.8) is 0 Å². The minimum absolute atomic E-state index is 0.0392. The lowest BCUT2D eigenvalue weighted by Gasteiger charge is -2.26. The van der Waals surface area contributed by atoms with Crippen LogP contribution in [-0.2, 0) is 0 Å². The van der Waals surface area contributed by atoms with E-state index < -0.39 is 0 Å². The van der Waals surface area contributed by atoms with Crippen molar-refractivity contribution >= 4 is 149 Å². The van der Waals surface area contributed by atoms with Crippen LogP contribution in [0.5, 0.6) is 17.2 Å². The summed E-state index contributed by atoms with van der Waals surface area (Å²) in [7, 11) is 3.24. The second-order valence-electron chi connectivity index (χ2n) is 36.8. The number of anilines is 18. The van der Waals surface area contributed by atoms with Crippen molar-refractivity contribution in [3.8, 4) is 17.2 Å². The smallest absolute Gasteiger partial charge is 0.200 e. The monoisotopic (exact) mass is 1880 g/mol. The lowest BCUT2D eigenvalue weighted by Crippen LogP contribution is -2.26. The summed E-state index contributed by atoms with van der Waals surface area (Å²) in [6.07, 6.45) is 0. The van der Waals surface area contributed by atoms with Gasteiger partial charge in [0.15, 0.2) is 46.3 Å². The number of aromatic hydroxyl groups is 1. The third-order valence-electron chi connectivity index (χ3n) is 26.3. The first-order chi connectivity index (χ1) is 68.0. The van der Waals surface area contributed by atoms with E-state index in [-0.39, 0.29) is 102 Å². The molecule has 13 N–H and O–H groups in total. The van der Waals surface area contributed by atoms with Crippen LogP contribution in [0, 0.1) is 104 Å². The molecule has 0 heterocycles. The van der Waals surface area contributed by atoms with Gasteiger partial charge < -0.3 is 68.6 Å². The first-order valence-electron chi connectivity index (χ1n) is 46.7. The molecule has 0 amide bonds. The summed E-state index contributed by atoms with van der Waals surface area (Å²) in [5.41, 5.74) is 45.1. The molecule has 16 aromatic carbocycles. The summed E-state index contributed by atoms with van der Waals surface area (Å²) in [5.74, 6) is -0.733. The van der Waals surface area contributed by atoms with E-state index in [0.717, 1.165) is 129 Å². The van der Waals surface area contributed by atoms with Gasteiger partial charge in [0.2, 0.25) is 0 Å². The van der Waals surface area contributed by atoms with Crippen LogP contribution in [0.2, 0.25) is 0 Å². The number of carbonyl (C=O) groups is 8. The van der Waals surface area contributed by atoms with Gasteiger partial charge in [-0.05, 0) is 294 Å². The zero-order valence-electron chi connectivity index (χ0n) is 82.1. The highest BCUT2D eigenvalue weighted by atomic mass is 16.5. The Bertz CT molecular complexity index is 7730. The lowest BCUT2D eigenvalue weighted by molar-refractivity contribution is 0.0978. The van der Waals surface area contributed by atoms with Crippen molar-refractivity contribution in [2.45, 2.75) is 104 Å². The number of phenols is 1. The molecule has 21 nitrogen and oxygen atoms in total. The second kappa shape index (κ2) is 39.4. The summed E-state index contributed by atoms with van der Waals surface area (Å²) in [6, 6.07) is 82.5. The van der Waals surface area contributed by atoms with Gasteiger partial charge in [-0.2, -0.15) is 0 Å². The van der Waals surface area contributed by atoms with Crippen molar-refractivity contribution in [2.24, 2.45) is 0 Å². The Morgan fingerprint density at radius 3 is 0.655 bits per heavy atom. The summed E-state index contributed by atoms with van der Waals surface area (Å²) in [5, 5.41) is 37.6. The quantitative estimate of drug-likeness (QED) is 0.0356. The summed E-state index contributed by atoms with van der Waals surface area (Å²) < 4.78 is 10.6. The number of benzene rings is 16. The third kappa shape index (κ3) is 18.8. The van der Waals surface area contributed by atoms with E-state index in [2.05, 4.69) is 78.9 Å². The Kier molecular flexibility index (Phi) is 26.6. The van der Waals surface area contributed by atoms with Crippen molar-refractivity contribution < 1.29 is 52.9 Å². The van der Waals surface area contributed by atoms with Gasteiger partial charge in [-0.3, -0.25) is 38.4 Å². The largest absolute Gasteiger partial charge is 0.507 e. The maximum Gasteiger partial charge on any atom is 0.200 e. The Morgan fingerprint density at radius 1 is 0.190 bits per heavy atom. The number of hydrogen-bond acceptors (Lipinski definition) is 21. The zero-order valence-corrected chi connectivity index (χ0v) is 82.1. The molecule has 0 atom stereocenters. The van der Waals surface area contributed by atoms with Gasteiger partial charge in [0.1, 0.15) is 17.2 Å². The molecule has 0 saturated carbocycles. The first-order valence-corrected chi connectivity index (χ1v) is 46.7. The average molecular weight is 1880 g/mol. The molecular formula is C121H108N10O11. The van der Waals surface area contributed by atoms with E-state index in [0.29, 0.717) is 95.6 Å². The van der Waals surface area contributed by atoms with Crippen molar-refractivity contribution in [1.29, 1.82) is 0 Å². The molecule has 0 bridgehead atoms. The fourth-order valence-corrected chi connectivity index (χ4v) is 18.9. The Morgan fingerprint density at radius 2 is 0.394 bits per heavy atom. The summed E-state index contributed by atoms with van der Waals surface area (Å²) in [6.45, 7) is 30.1. The standard InChI is InChI=1S/C31H28N2O2.C30H28N4O2.C30H26N2O4.C30H26N2O3/c1-17-7-10-24(20(4)14-17)32-26-12-13-27(33-25-11-8-18(2)15-21(25)5)29-28(26)30(34)22-9-6-19(3)16-23(22)31(29)35;1-15-5-9-21(17(3)13-15)33-23-11-12-24(34-22-10-6-16(2)14-18(22)4)28-27(23)29(35)25-19(31)7-8-20(32)26(25)30(28)36;1-17-15-19(35-3)9-11-23(17)31-25-13-14-26(32-24-12-10-20(36-4)16-18(24)2)28-27(25)29(33)21-7-5-6-8-22(21)30(28)34;1-16-8-10-21(18(3)14-16)31-23-12-13-24(32-22-11-9-17(2)15-19(22)4)28-27(23)29(34)20-6-5-7-25(33)26(20)30(28)35/h6-16,32-33H,1-5H3;5-14,33-34H,31-32H2,1-4H3;5-16,31-32H,1-4H3;5-15,31-33H,1-4H3. The molecule has 16 aromatic rings. The molecule has 0 spiro atoms. The zero-order chi connectivity index (χ0) is 101. The van der Waals surface area contributed by atoms with Gasteiger partial charge in [0.05, 0.1) is 121 Å². The van der Waals surface area contributed by atoms with Gasteiger partial charge in [0, 0.05) is 84.7 Å². The predicted octanol–water partition coefficient (Wildman–Crippen LogP) is 27.3. The number of hydrogen-bond donors (Lipinski definition) is 11. The molecule has 0 saturated heterocycles. The van der Waals surface area contributed by atoms with Crippen molar-refractivity contribution in [1.82, 2.24) is 0 Å². The van der Waals surface area contributed by atoms with Crippen molar-refractivity contribution in [3.05, 3.63) is 439 Å². The molecule has 20 rings (SSSR count). The first kappa shape index (κ1) is 96.0. The Hall–Kier alpha value is -17.7. The number of methoxy groups -OCH3 is 2. The van der Waals surface area contributed by atoms with E-state index in [9.17, 15) is 43.5 Å². The summed E-state index contributed by atoms with van der Waals surface area (Å²) in [4.78, 5) is 111. The van der Waals surface area contributed by atoms with Crippen LogP contribution in [-0.4, -0.2) is 65.6 Å². The second-order valence-corrected chi connectivity index (χ2v) is 36.8. The fourth-order valence-electron chi connectivity index (χ4n) is 18.9. The van der Waals surface area contributed by atoms with Gasteiger partial charge in [-0.1, -0.05) is 160 Å². The number of nitrogens with one attached hydrogen (secondary N) is 8. The van der Waals surface area contributed by atoms with Crippen molar-refractivity contribution in [2.75, 3.05) is 68.2 Å². The minimum atomic E-state index is -0.385. The Balaban J connectivity index is 0.000000130. The van der Waals surface area contributed by atoms with E-state index in [1.165, 1.54) is 17.2 Å². The Labute approximate surface area is 825 Å². The van der Waals surface area contributed by atoms with Gasteiger partial charge in [0.25, 0.3) is 0 Å². The van der Waals surface area contributed by atoms with Crippen LogP contribution >= 0.6 is 0 Å². The van der Waals surface area contributed by atoms with Crippen LogP contribution in [0.25, 0.3) is 0 Å². The highest BCUT2D eigenvalue weighted by molar-refractivity contribution is 6.37. The predicted molar refractivity (Wildman–Crippen MR) is 571 cm³/mol. The molecule has 21 heteroatoms. The average Bonchev–Trinajstić information content (AvgIpc) is 0.719. The number of ether oxygens (including phenoxy) is 2. The normalized spacial score (nSPS) is 12.2. The molecular weight excluding hydrogens is 1770 g/mol. The fraction of sp³-hybridized carbons (Fsp3) is 0.140. The number of phenolic OH excluding ortho intramolecular Hbond substituents is 1. The van der Waals surface area contributed by atoms with E-state index in [4.69, 9.17) is 20.9 Å². The van der Waals surface area contributed by atoms with Crippen LogP contribution < -0.4 is 63.5 Å². The number of carbonyl (C=O) groups excluding carboxylic acids is 8. The summed E-state index contributed by atoms with van der Waals surface area (Å²) >= 11 is 0. The lowest BCUT2D eigenvalue weighted by atomic mass is 9.80. The van der Waals surface area contributed by atoms with Crippen LogP contribution in [0.1, 0.15) is 211 Å². The minimum Gasteiger partial charge on any atom is -0.507 e. The van der Waals surface area contributed by atoms with Crippen LogP contribution in [0.3, 0.4) is 0 Å². The molecule has 0 radical (unpaired) electrons. The molecule has 142 heavy (non-hydrogen) atoms. The molecule has 4 aliphatic carbocycles. The maximum atomic E-state index is 13.9. The van der Waals surface area contributed by atoms with Crippen LogP contribution in [0.4, 0.5) is 102 Å². The highest BCUT2D eigenvalue weighted by Crippen LogP contribution is 2.48. The molecule has 0 fully saturated rings. The molecule has 0 aromatic heterocycles. The maximum absolute atomic E-state index is 13.9. The highest BCUT2D eigenvalue weighted by Gasteiger charge is 2.41. The number of aryl methyl sites for hydroxylation is 15. The SMILES string of the molecule is COc1ccc(Nc2ccc(Nc3ccc(OC)cc3C)c3c2C(=O)c2ccccc2C3=O)c(C)c1.Cc1ccc(Nc2ccc(Nc3ccc(C)cc3C)c3c2C(=O)c2c(N)ccc(N)c2C3=O)c(C)c1.Cc1ccc(Nc2ccc(Nc3ccc(C)cc3C)c3c2C(=O)c2ccc(C)cc2C3=O)c(C)c1.Cc1ccc(Nc2ccc(Nc3ccc(C)cc3C)c3c2C(=O)c2cccc(O)c2C3=O)c(C)c1. The van der Waals surface area contributed by atoms with Crippen LogP contribution in [0.15, 0.2) is 267 Å². The number of rotatable bonds is 18. The van der Waals surface area contributed by atoms with E-state index in [1.807, 2.05) is 268 Å². The number of ketones is 8.